The first kappa shape index (κ1) is 16.2. The van der Waals surface area contributed by atoms with Crippen molar-refractivity contribution in [1.29, 1.82) is 0 Å². The highest BCUT2D eigenvalue weighted by atomic mass is 16.5. The maximum Gasteiger partial charge on any atom is 0.310 e. The van der Waals surface area contributed by atoms with Crippen molar-refractivity contribution >= 4 is 5.97 Å². The molecule has 0 aliphatic rings. The van der Waals surface area contributed by atoms with Crippen LogP contribution in [0.4, 0.5) is 0 Å². The van der Waals surface area contributed by atoms with Gasteiger partial charge in [-0.3, -0.25) is 4.79 Å². The third-order valence-corrected chi connectivity index (χ3v) is 3.14. The summed E-state index contributed by atoms with van der Waals surface area (Å²) >= 11 is 0. The van der Waals surface area contributed by atoms with Gasteiger partial charge in [0.05, 0.1) is 6.42 Å². The number of hydrogen-bond acceptors (Lipinski definition) is 2. The van der Waals surface area contributed by atoms with Crippen LogP contribution in [0.2, 0.25) is 0 Å². The van der Waals surface area contributed by atoms with E-state index in [1.165, 1.54) is 5.57 Å². The zero-order valence-corrected chi connectivity index (χ0v) is 12.7. The van der Waals surface area contributed by atoms with Gasteiger partial charge in [-0.2, -0.15) is 0 Å². The smallest absolute Gasteiger partial charge is 0.310 e. The van der Waals surface area contributed by atoms with Crippen molar-refractivity contribution < 1.29 is 9.53 Å². The van der Waals surface area contributed by atoms with Gasteiger partial charge in [0.25, 0.3) is 0 Å². The third-order valence-electron chi connectivity index (χ3n) is 3.14. The fourth-order valence-corrected chi connectivity index (χ4v) is 1.67. The molecule has 0 atom stereocenters. The quantitative estimate of drug-likeness (QED) is 0.541. The Morgan fingerprint density at radius 1 is 1.10 bits per heavy atom. The molecule has 0 aromatic heterocycles. The maximum atomic E-state index is 11.7. The second kappa shape index (κ2) is 9.13. The number of ether oxygens (including phenoxy) is 1. The number of carbonyl (C=O) groups is 1. The second-order valence-corrected chi connectivity index (χ2v) is 5.01. The van der Waals surface area contributed by atoms with Gasteiger partial charge in [-0.1, -0.05) is 55.0 Å². The summed E-state index contributed by atoms with van der Waals surface area (Å²) in [5, 5.41) is 0. The van der Waals surface area contributed by atoms with Gasteiger partial charge in [-0.25, -0.2) is 0 Å². The Kier molecular flexibility index (Phi) is 7.41. The Morgan fingerprint density at radius 2 is 1.75 bits per heavy atom. The van der Waals surface area contributed by atoms with Crippen molar-refractivity contribution in [2.24, 2.45) is 0 Å². The number of hydrogen-bond donors (Lipinski definition) is 0. The van der Waals surface area contributed by atoms with Gasteiger partial charge in [-0.05, 0) is 37.8 Å². The van der Waals surface area contributed by atoms with Crippen molar-refractivity contribution in [1.82, 2.24) is 0 Å². The number of esters is 1. The Labute approximate surface area is 122 Å². The summed E-state index contributed by atoms with van der Waals surface area (Å²) in [6, 6.07) is 9.66. The lowest BCUT2D eigenvalue weighted by molar-refractivity contribution is -0.141. The van der Waals surface area contributed by atoms with Crippen molar-refractivity contribution in [3.05, 3.63) is 59.2 Å². The molecule has 0 heterocycles. The van der Waals surface area contributed by atoms with Crippen LogP contribution in [0.1, 0.15) is 39.2 Å². The van der Waals surface area contributed by atoms with Gasteiger partial charge >= 0.3 is 5.97 Å². The molecule has 0 fully saturated rings. The summed E-state index contributed by atoms with van der Waals surface area (Å²) in [5.41, 5.74) is 3.46. The standard InChI is InChI=1S/C18H24O2/c1-4-15(2)9-8-10-16(3)14-20-18(19)13-17-11-6-5-7-12-17/h5-7,9-12H,4,8,13-14H2,1-3H3/b15-9+,16-10+. The lowest BCUT2D eigenvalue weighted by Crippen LogP contribution is -2.09. The molecule has 1 rings (SSSR count). The van der Waals surface area contributed by atoms with Crippen LogP contribution in [-0.2, 0) is 16.0 Å². The first-order chi connectivity index (χ1) is 9.61. The predicted molar refractivity (Wildman–Crippen MR) is 83.5 cm³/mol. The molecule has 0 saturated heterocycles. The maximum absolute atomic E-state index is 11.7. The van der Waals surface area contributed by atoms with Gasteiger partial charge in [-0.15, -0.1) is 0 Å². The van der Waals surface area contributed by atoms with E-state index in [1.54, 1.807) is 0 Å². The number of carbonyl (C=O) groups excluding carboxylic acids is 1. The molecule has 1 aromatic rings. The predicted octanol–water partition coefficient (Wildman–Crippen LogP) is 4.47. The first-order valence-electron chi connectivity index (χ1n) is 7.12. The summed E-state index contributed by atoms with van der Waals surface area (Å²) < 4.78 is 5.26. The molecule has 2 heteroatoms. The van der Waals surface area contributed by atoms with E-state index >= 15 is 0 Å². The molecule has 0 aliphatic carbocycles. The molecule has 20 heavy (non-hydrogen) atoms. The molecule has 0 bridgehead atoms. The van der Waals surface area contributed by atoms with Crippen LogP contribution in [0.3, 0.4) is 0 Å². The molecule has 0 amide bonds. The van der Waals surface area contributed by atoms with Crippen LogP contribution >= 0.6 is 0 Å². The minimum absolute atomic E-state index is 0.177. The fourth-order valence-electron chi connectivity index (χ4n) is 1.67. The molecule has 2 nitrogen and oxygen atoms in total. The lowest BCUT2D eigenvalue weighted by atomic mass is 10.1. The van der Waals surface area contributed by atoms with Crippen LogP contribution in [0.25, 0.3) is 0 Å². The average Bonchev–Trinajstić information content (AvgIpc) is 2.46. The van der Waals surface area contributed by atoms with Gasteiger partial charge in [0.2, 0.25) is 0 Å². The molecular weight excluding hydrogens is 248 g/mol. The van der Waals surface area contributed by atoms with Crippen LogP contribution in [0, 0.1) is 0 Å². The average molecular weight is 272 g/mol. The van der Waals surface area contributed by atoms with E-state index in [9.17, 15) is 4.79 Å². The Bertz CT molecular complexity index is 469. The molecular formula is C18H24O2. The van der Waals surface area contributed by atoms with E-state index in [0.717, 1.165) is 24.0 Å². The first-order valence-corrected chi connectivity index (χ1v) is 7.12. The van der Waals surface area contributed by atoms with Crippen LogP contribution in [0.5, 0.6) is 0 Å². The van der Waals surface area contributed by atoms with Crippen molar-refractivity contribution in [3.63, 3.8) is 0 Å². The zero-order chi connectivity index (χ0) is 14.8. The SMILES string of the molecule is CC/C(C)=C/C/C=C(\C)COC(=O)Cc1ccccc1. The fraction of sp³-hybridized carbons (Fsp3) is 0.389. The molecule has 0 saturated carbocycles. The molecule has 0 N–H and O–H groups in total. The topological polar surface area (TPSA) is 26.3 Å². The second-order valence-electron chi connectivity index (χ2n) is 5.01. The summed E-state index contributed by atoms with van der Waals surface area (Å²) in [6.45, 7) is 6.65. The van der Waals surface area contributed by atoms with Crippen molar-refractivity contribution in [2.75, 3.05) is 6.61 Å². The summed E-state index contributed by atoms with van der Waals surface area (Å²) in [6.07, 6.45) is 6.63. The van der Waals surface area contributed by atoms with E-state index < -0.39 is 0 Å². The minimum atomic E-state index is -0.177. The molecule has 108 valence electrons. The van der Waals surface area contributed by atoms with E-state index in [4.69, 9.17) is 4.74 Å². The minimum Gasteiger partial charge on any atom is -0.461 e. The Morgan fingerprint density at radius 3 is 2.40 bits per heavy atom. The largest absolute Gasteiger partial charge is 0.461 e. The number of allylic oxidation sites excluding steroid dienone is 3. The molecule has 0 unspecified atom stereocenters. The molecule has 0 radical (unpaired) electrons. The molecule has 0 aliphatic heterocycles. The van der Waals surface area contributed by atoms with Crippen molar-refractivity contribution in [2.45, 2.75) is 40.0 Å². The van der Waals surface area contributed by atoms with Gasteiger partial charge in [0.1, 0.15) is 6.61 Å². The normalized spacial score (nSPS) is 12.3. The van der Waals surface area contributed by atoms with E-state index in [-0.39, 0.29) is 5.97 Å². The van der Waals surface area contributed by atoms with E-state index in [1.807, 2.05) is 37.3 Å². The van der Waals surface area contributed by atoms with Crippen LogP contribution < -0.4 is 0 Å². The highest BCUT2D eigenvalue weighted by Crippen LogP contribution is 2.05. The number of rotatable bonds is 7. The van der Waals surface area contributed by atoms with Crippen LogP contribution in [-0.4, -0.2) is 12.6 Å². The van der Waals surface area contributed by atoms with E-state index in [2.05, 4.69) is 26.0 Å². The van der Waals surface area contributed by atoms with Gasteiger partial charge < -0.3 is 4.74 Å². The molecule has 1 aromatic carbocycles. The Balaban J connectivity index is 2.32. The lowest BCUT2D eigenvalue weighted by Gasteiger charge is -2.05. The highest BCUT2D eigenvalue weighted by Gasteiger charge is 2.04. The summed E-state index contributed by atoms with van der Waals surface area (Å²) in [4.78, 5) is 11.7. The third kappa shape index (κ3) is 6.93. The van der Waals surface area contributed by atoms with Crippen LogP contribution in [0.15, 0.2) is 53.6 Å². The zero-order valence-electron chi connectivity index (χ0n) is 12.7. The van der Waals surface area contributed by atoms with Gasteiger partial charge in [0, 0.05) is 0 Å². The van der Waals surface area contributed by atoms with E-state index in [0.29, 0.717) is 13.0 Å². The Hall–Kier alpha value is -1.83. The van der Waals surface area contributed by atoms with Gasteiger partial charge in [0.15, 0.2) is 0 Å². The van der Waals surface area contributed by atoms with Crippen molar-refractivity contribution in [3.8, 4) is 0 Å². The summed E-state index contributed by atoms with van der Waals surface area (Å²) in [7, 11) is 0. The molecule has 0 spiro atoms. The number of benzene rings is 1. The highest BCUT2D eigenvalue weighted by molar-refractivity contribution is 5.72. The monoisotopic (exact) mass is 272 g/mol. The summed E-state index contributed by atoms with van der Waals surface area (Å²) in [5.74, 6) is -0.177.